The van der Waals surface area contributed by atoms with Crippen LogP contribution in [-0.4, -0.2) is 61.8 Å². The van der Waals surface area contributed by atoms with Crippen LogP contribution in [0.5, 0.6) is 5.75 Å². The number of ether oxygens (including phenoxy) is 2. The molecule has 0 aliphatic rings. The quantitative estimate of drug-likeness (QED) is 0.211. The van der Waals surface area contributed by atoms with Crippen molar-refractivity contribution in [2.75, 3.05) is 40.2 Å². The highest BCUT2D eigenvalue weighted by molar-refractivity contribution is 6.17. The summed E-state index contributed by atoms with van der Waals surface area (Å²) in [5.41, 5.74) is 6.25. The Morgan fingerprint density at radius 1 is 1.16 bits per heavy atom. The summed E-state index contributed by atoms with van der Waals surface area (Å²) >= 11 is 0. The number of aliphatic hydroxyl groups excluding tert-OH is 1. The van der Waals surface area contributed by atoms with Crippen LogP contribution in [0.4, 0.5) is 10.1 Å². The molecule has 0 spiro atoms. The van der Waals surface area contributed by atoms with E-state index in [1.54, 1.807) is 38.4 Å². The number of nitrogens with zero attached hydrogens (tertiary/aromatic N) is 1. The number of nitrogen functional groups attached to an aromatic ring is 1. The van der Waals surface area contributed by atoms with Gasteiger partial charge in [-0.25, -0.2) is 4.39 Å². The van der Waals surface area contributed by atoms with Crippen LogP contribution in [-0.2, 0) is 4.74 Å². The second-order valence-electron chi connectivity index (χ2n) is 6.81. The summed E-state index contributed by atoms with van der Waals surface area (Å²) in [6.45, 7) is 0.401. The van der Waals surface area contributed by atoms with Crippen LogP contribution in [0.1, 0.15) is 21.5 Å². The summed E-state index contributed by atoms with van der Waals surface area (Å²) in [5, 5.41) is 26.6. The lowest BCUT2D eigenvalue weighted by Crippen LogP contribution is -2.21. The summed E-state index contributed by atoms with van der Waals surface area (Å²) in [4.78, 5) is 13.4. The average molecular weight is 428 g/mol. The number of aliphatic hydroxyl groups is 1. The largest absolute Gasteiger partial charge is 0.506 e. The van der Waals surface area contributed by atoms with Gasteiger partial charge in [0.05, 0.1) is 12.3 Å². The van der Waals surface area contributed by atoms with Crippen molar-refractivity contribution >= 4 is 23.0 Å². The van der Waals surface area contributed by atoms with Crippen molar-refractivity contribution in [2.45, 2.75) is 0 Å². The van der Waals surface area contributed by atoms with Gasteiger partial charge in [0.25, 0.3) is 5.91 Å². The molecule has 0 unspecified atom stereocenters. The second-order valence-corrected chi connectivity index (χ2v) is 6.81. The van der Waals surface area contributed by atoms with Crippen LogP contribution < -0.4 is 10.5 Å². The molecule has 9 heteroatoms. The van der Waals surface area contributed by atoms with Gasteiger partial charge in [-0.2, -0.15) is 0 Å². The first-order chi connectivity index (χ1) is 14.6. The number of allylic oxidation sites excluding steroid dienone is 2. The second kappa shape index (κ2) is 10.4. The van der Waals surface area contributed by atoms with Gasteiger partial charge in [0.1, 0.15) is 18.1 Å². The van der Waals surface area contributed by atoms with E-state index in [1.807, 2.05) is 0 Å². The minimum absolute atomic E-state index is 0.0370. The lowest BCUT2D eigenvalue weighted by atomic mass is 10.0. The number of hydrogen-bond donors (Lipinski definition) is 4. The number of rotatable bonds is 9. The molecule has 0 aliphatic carbocycles. The van der Waals surface area contributed by atoms with Crippen LogP contribution in [0, 0.1) is 16.6 Å². The Morgan fingerprint density at radius 3 is 2.35 bits per heavy atom. The maximum Gasteiger partial charge on any atom is 0.253 e. The number of methoxy groups -OCH3 is 1. The highest BCUT2D eigenvalue weighted by Gasteiger charge is 2.16. The summed E-state index contributed by atoms with van der Waals surface area (Å²) in [6, 6.07) is 8.48. The molecule has 2 aromatic rings. The molecule has 164 valence electrons. The van der Waals surface area contributed by atoms with Crippen molar-refractivity contribution in [1.29, 1.82) is 10.8 Å². The third-order valence-corrected chi connectivity index (χ3v) is 4.30. The topological polar surface area (TPSA) is 133 Å². The fourth-order valence-electron chi connectivity index (χ4n) is 2.61. The number of amides is 1. The molecule has 0 fully saturated rings. The Kier molecular flexibility index (Phi) is 7.87. The molecular formula is C22H25FN4O4. The minimum atomic E-state index is -0.742. The fourth-order valence-corrected chi connectivity index (χ4v) is 2.61. The first-order valence-electron chi connectivity index (χ1n) is 9.27. The smallest absolute Gasteiger partial charge is 0.253 e. The highest BCUT2D eigenvalue weighted by Crippen LogP contribution is 2.26. The van der Waals surface area contributed by atoms with Gasteiger partial charge in [-0.05, 0) is 23.8 Å². The molecule has 0 saturated carbocycles. The molecule has 8 nitrogen and oxygen atoms in total. The zero-order valence-corrected chi connectivity index (χ0v) is 17.5. The third kappa shape index (κ3) is 5.89. The van der Waals surface area contributed by atoms with Gasteiger partial charge in [0, 0.05) is 50.2 Å². The normalized spacial score (nSPS) is 11.2. The molecule has 0 aromatic heterocycles. The van der Waals surface area contributed by atoms with Crippen LogP contribution in [0.2, 0.25) is 0 Å². The molecule has 2 rings (SSSR count). The lowest BCUT2D eigenvalue weighted by Gasteiger charge is -2.12. The van der Waals surface area contributed by atoms with Crippen LogP contribution in [0.25, 0.3) is 0 Å². The molecule has 31 heavy (non-hydrogen) atoms. The number of anilines is 1. The van der Waals surface area contributed by atoms with Crippen LogP contribution >= 0.6 is 0 Å². The van der Waals surface area contributed by atoms with E-state index in [0.717, 1.165) is 12.1 Å². The minimum Gasteiger partial charge on any atom is -0.506 e. The summed E-state index contributed by atoms with van der Waals surface area (Å²) < 4.78 is 24.3. The number of nitrogens with one attached hydrogen (secondary N) is 2. The van der Waals surface area contributed by atoms with Crippen molar-refractivity contribution in [2.24, 2.45) is 0 Å². The van der Waals surface area contributed by atoms with E-state index in [0.29, 0.717) is 11.1 Å². The van der Waals surface area contributed by atoms with Crippen molar-refractivity contribution in [1.82, 2.24) is 4.90 Å². The number of carbonyl (C=O) groups excluding carboxylic acids is 1. The molecule has 5 N–H and O–H groups in total. The summed E-state index contributed by atoms with van der Waals surface area (Å²) in [5.74, 6) is -1.56. The number of halogens is 1. The zero-order chi connectivity index (χ0) is 23.1. The molecule has 0 atom stereocenters. The fraction of sp³-hybridized carbons (Fsp3) is 0.227. The van der Waals surface area contributed by atoms with Gasteiger partial charge in [-0.15, -0.1) is 0 Å². The molecule has 0 aliphatic heterocycles. The van der Waals surface area contributed by atoms with Crippen LogP contribution in [0.3, 0.4) is 0 Å². The number of hydrogen-bond acceptors (Lipinski definition) is 7. The summed E-state index contributed by atoms with van der Waals surface area (Å²) in [7, 11) is 4.76. The highest BCUT2D eigenvalue weighted by atomic mass is 19.1. The average Bonchev–Trinajstić information content (AvgIpc) is 2.74. The monoisotopic (exact) mass is 428 g/mol. The maximum atomic E-state index is 14.3. The van der Waals surface area contributed by atoms with E-state index >= 15 is 0 Å². The Balaban J connectivity index is 2.19. The van der Waals surface area contributed by atoms with E-state index in [4.69, 9.17) is 26.0 Å². The van der Waals surface area contributed by atoms with E-state index in [1.165, 1.54) is 18.1 Å². The third-order valence-electron chi connectivity index (χ3n) is 4.30. The molecule has 1 amide bonds. The van der Waals surface area contributed by atoms with Crippen molar-refractivity contribution in [3.63, 3.8) is 0 Å². The van der Waals surface area contributed by atoms with E-state index in [9.17, 15) is 14.3 Å². The molecule has 0 bridgehead atoms. The Bertz CT molecular complexity index is 1020. The van der Waals surface area contributed by atoms with Crippen molar-refractivity contribution < 1.29 is 23.8 Å². The predicted octanol–water partition coefficient (Wildman–Crippen LogP) is 3.01. The van der Waals surface area contributed by atoms with Crippen molar-refractivity contribution in [3.05, 3.63) is 70.7 Å². The molecule has 2 aromatic carbocycles. The van der Waals surface area contributed by atoms with E-state index in [-0.39, 0.29) is 41.8 Å². The molecule has 0 saturated heterocycles. The lowest BCUT2D eigenvalue weighted by molar-refractivity contribution is 0.0827. The number of nitrogens with two attached hydrogens (primary N) is 1. The SMILES string of the molecule is COCCOc1cc(N)c(C(=N)/C(O)=C/C(=N)c2ccc(C(=O)N(C)C)cc2)cc1F. The van der Waals surface area contributed by atoms with Crippen molar-refractivity contribution in [3.8, 4) is 5.75 Å². The predicted molar refractivity (Wildman–Crippen MR) is 117 cm³/mol. The van der Waals surface area contributed by atoms with Gasteiger partial charge in [-0.1, -0.05) is 12.1 Å². The zero-order valence-electron chi connectivity index (χ0n) is 17.5. The standard InChI is InChI=1S/C22H25FN4O4/c1-27(2)22(29)14-6-4-13(5-7-14)17(24)11-19(28)21(26)15-10-16(23)20(12-18(15)25)31-9-8-30-3/h4-7,10-12,24,26,28H,8-9,25H2,1-3H3/b19-11-,24-17?,26-21?. The van der Waals surface area contributed by atoms with Crippen LogP contribution in [0.15, 0.2) is 48.2 Å². The van der Waals surface area contributed by atoms with Gasteiger partial charge in [0.15, 0.2) is 11.6 Å². The van der Waals surface area contributed by atoms with Gasteiger partial charge in [0.2, 0.25) is 0 Å². The Labute approximate surface area is 179 Å². The molecule has 0 heterocycles. The Hall–Kier alpha value is -3.72. The first-order valence-corrected chi connectivity index (χ1v) is 9.27. The number of benzene rings is 2. The van der Waals surface area contributed by atoms with Gasteiger partial charge >= 0.3 is 0 Å². The molecular weight excluding hydrogens is 403 g/mol. The van der Waals surface area contributed by atoms with E-state index in [2.05, 4.69) is 0 Å². The Morgan fingerprint density at radius 2 is 1.77 bits per heavy atom. The molecule has 0 radical (unpaired) electrons. The van der Waals surface area contributed by atoms with E-state index < -0.39 is 17.3 Å². The van der Waals surface area contributed by atoms with Gasteiger partial charge in [-0.3, -0.25) is 10.2 Å². The first kappa shape index (κ1) is 23.6. The summed E-state index contributed by atoms with van der Waals surface area (Å²) in [6.07, 6.45) is 1.06. The van der Waals surface area contributed by atoms with Gasteiger partial charge < -0.3 is 30.6 Å². The number of carbonyl (C=O) groups is 1. The maximum absolute atomic E-state index is 14.3.